The summed E-state index contributed by atoms with van der Waals surface area (Å²) in [5.41, 5.74) is 1.19. The highest BCUT2D eigenvalue weighted by molar-refractivity contribution is 5.79. The topological polar surface area (TPSA) is 12.4 Å². The third-order valence-electron chi connectivity index (χ3n) is 1.88. The predicted octanol–water partition coefficient (Wildman–Crippen LogP) is 3.15. The second-order valence-electron chi connectivity index (χ2n) is 3.63. The fourth-order valence-electron chi connectivity index (χ4n) is 1.04. The summed E-state index contributed by atoms with van der Waals surface area (Å²) in [6.07, 6.45) is 3.12. The molecule has 0 saturated carbocycles. The molecule has 1 nitrogen and oxygen atoms in total. The van der Waals surface area contributed by atoms with Gasteiger partial charge in [0.1, 0.15) is 0 Å². The first-order valence-corrected chi connectivity index (χ1v) is 4.84. The van der Waals surface area contributed by atoms with E-state index in [4.69, 9.17) is 0 Å². The molecule has 0 N–H and O–H groups in total. The van der Waals surface area contributed by atoms with Crippen molar-refractivity contribution in [3.63, 3.8) is 0 Å². The van der Waals surface area contributed by atoms with Crippen LogP contribution in [0, 0.1) is 5.92 Å². The van der Waals surface area contributed by atoms with Crippen LogP contribution in [-0.2, 0) is 0 Å². The van der Waals surface area contributed by atoms with E-state index in [2.05, 4.69) is 31.0 Å². The van der Waals surface area contributed by atoms with Gasteiger partial charge in [-0.25, -0.2) is 0 Å². The summed E-state index contributed by atoms with van der Waals surface area (Å²) in [6, 6.07) is 10.2. The van der Waals surface area contributed by atoms with E-state index in [1.54, 1.807) is 0 Å². The van der Waals surface area contributed by atoms with Gasteiger partial charge in [0.2, 0.25) is 0 Å². The summed E-state index contributed by atoms with van der Waals surface area (Å²) in [5, 5.41) is 0. The van der Waals surface area contributed by atoms with Crippen LogP contribution in [0.15, 0.2) is 35.3 Å². The van der Waals surface area contributed by atoms with E-state index in [9.17, 15) is 0 Å². The Labute approximate surface area is 80.5 Å². The predicted molar refractivity (Wildman–Crippen MR) is 58.4 cm³/mol. The highest BCUT2D eigenvalue weighted by Crippen LogP contribution is 1.99. The smallest absolute Gasteiger partial charge is 0.0391 e. The molecule has 70 valence electrons. The first kappa shape index (κ1) is 9.97. The molecule has 0 bridgehead atoms. The normalized spacial score (nSPS) is 11.3. The maximum atomic E-state index is 4.36. The van der Waals surface area contributed by atoms with Crippen LogP contribution in [0.25, 0.3) is 0 Å². The van der Waals surface area contributed by atoms with Gasteiger partial charge in [0.15, 0.2) is 0 Å². The number of aliphatic imine (C=N–C) groups is 1. The van der Waals surface area contributed by atoms with Crippen LogP contribution in [0.2, 0.25) is 0 Å². The van der Waals surface area contributed by atoms with Gasteiger partial charge in [0.05, 0.1) is 0 Å². The van der Waals surface area contributed by atoms with Crippen molar-refractivity contribution in [2.24, 2.45) is 10.9 Å². The quantitative estimate of drug-likeness (QED) is 0.623. The van der Waals surface area contributed by atoms with Gasteiger partial charge in [-0.1, -0.05) is 44.2 Å². The summed E-state index contributed by atoms with van der Waals surface area (Å²) in [5.74, 6) is 0.743. The van der Waals surface area contributed by atoms with Crippen molar-refractivity contribution in [1.29, 1.82) is 0 Å². The van der Waals surface area contributed by atoms with Gasteiger partial charge >= 0.3 is 0 Å². The maximum Gasteiger partial charge on any atom is 0.0391 e. The Hall–Kier alpha value is -1.11. The molecule has 13 heavy (non-hydrogen) atoms. The van der Waals surface area contributed by atoms with E-state index in [1.165, 1.54) is 12.0 Å². The Morgan fingerprint density at radius 3 is 2.54 bits per heavy atom. The molecule has 0 saturated heterocycles. The average Bonchev–Trinajstić information content (AvgIpc) is 2.14. The lowest BCUT2D eigenvalue weighted by Gasteiger charge is -1.98. The van der Waals surface area contributed by atoms with E-state index in [0.717, 1.165) is 12.5 Å². The molecule has 0 atom stereocenters. The minimum atomic E-state index is 0.743. The van der Waals surface area contributed by atoms with E-state index in [1.807, 2.05) is 24.4 Å². The van der Waals surface area contributed by atoms with Gasteiger partial charge in [-0.2, -0.15) is 0 Å². The Bertz CT molecular complexity index is 249. The largest absolute Gasteiger partial charge is 0.293 e. The Kier molecular flexibility index (Phi) is 4.24. The van der Waals surface area contributed by atoms with Crippen LogP contribution in [-0.4, -0.2) is 12.8 Å². The molecule has 0 fully saturated rings. The summed E-state index contributed by atoms with van der Waals surface area (Å²) in [7, 11) is 0. The third-order valence-corrected chi connectivity index (χ3v) is 1.88. The number of rotatable bonds is 4. The Morgan fingerprint density at radius 1 is 1.23 bits per heavy atom. The highest BCUT2D eigenvalue weighted by Gasteiger charge is 1.90. The molecule has 0 aliphatic rings. The number of benzene rings is 1. The summed E-state index contributed by atoms with van der Waals surface area (Å²) in [4.78, 5) is 4.36. The second-order valence-corrected chi connectivity index (χ2v) is 3.63. The zero-order chi connectivity index (χ0) is 9.52. The minimum absolute atomic E-state index is 0.743. The number of hydrogen-bond acceptors (Lipinski definition) is 1. The van der Waals surface area contributed by atoms with Crippen molar-refractivity contribution in [2.45, 2.75) is 20.3 Å². The van der Waals surface area contributed by atoms with Gasteiger partial charge in [-0.05, 0) is 17.9 Å². The van der Waals surface area contributed by atoms with Crippen molar-refractivity contribution in [1.82, 2.24) is 0 Å². The van der Waals surface area contributed by atoms with Crippen LogP contribution in [0.1, 0.15) is 25.8 Å². The lowest BCUT2D eigenvalue weighted by molar-refractivity contribution is 0.597. The Morgan fingerprint density at radius 2 is 1.92 bits per heavy atom. The molecule has 0 aromatic heterocycles. The molecule has 0 aliphatic heterocycles. The molecule has 0 unspecified atom stereocenters. The second kappa shape index (κ2) is 5.52. The van der Waals surface area contributed by atoms with Gasteiger partial charge in [-0.3, -0.25) is 4.99 Å². The lowest BCUT2D eigenvalue weighted by atomic mass is 10.1. The van der Waals surface area contributed by atoms with Crippen molar-refractivity contribution in [2.75, 3.05) is 6.54 Å². The fourth-order valence-corrected chi connectivity index (χ4v) is 1.04. The number of hydrogen-bond donors (Lipinski definition) is 0. The molecule has 0 amide bonds. The van der Waals surface area contributed by atoms with Crippen molar-refractivity contribution in [3.8, 4) is 0 Å². The molecule has 0 radical (unpaired) electrons. The third kappa shape index (κ3) is 4.46. The van der Waals surface area contributed by atoms with Crippen LogP contribution in [0.4, 0.5) is 0 Å². The van der Waals surface area contributed by atoms with Crippen LogP contribution >= 0.6 is 0 Å². The molecule has 1 rings (SSSR count). The van der Waals surface area contributed by atoms with Gasteiger partial charge in [0.25, 0.3) is 0 Å². The first-order chi connectivity index (χ1) is 6.29. The highest BCUT2D eigenvalue weighted by atomic mass is 14.7. The van der Waals surface area contributed by atoms with Crippen molar-refractivity contribution >= 4 is 6.21 Å². The summed E-state index contributed by atoms with van der Waals surface area (Å²) in [6.45, 7) is 5.38. The van der Waals surface area contributed by atoms with Crippen LogP contribution in [0.3, 0.4) is 0 Å². The summed E-state index contributed by atoms with van der Waals surface area (Å²) < 4.78 is 0. The minimum Gasteiger partial charge on any atom is -0.293 e. The lowest BCUT2D eigenvalue weighted by Crippen LogP contribution is -1.91. The molecule has 0 aliphatic carbocycles. The fraction of sp³-hybridized carbons (Fsp3) is 0.417. The molecule has 0 heterocycles. The molecule has 1 aromatic rings. The van der Waals surface area contributed by atoms with Crippen molar-refractivity contribution < 1.29 is 0 Å². The Balaban J connectivity index is 2.33. The molecular formula is C12H17N. The first-order valence-electron chi connectivity index (χ1n) is 4.84. The maximum absolute atomic E-state index is 4.36. The van der Waals surface area contributed by atoms with Crippen LogP contribution < -0.4 is 0 Å². The number of nitrogens with zero attached hydrogens (tertiary/aromatic N) is 1. The van der Waals surface area contributed by atoms with E-state index < -0.39 is 0 Å². The molecule has 0 spiro atoms. The molecule has 1 aromatic carbocycles. The van der Waals surface area contributed by atoms with E-state index in [0.29, 0.717) is 0 Å². The molecular weight excluding hydrogens is 158 g/mol. The van der Waals surface area contributed by atoms with Gasteiger partial charge in [-0.15, -0.1) is 0 Å². The zero-order valence-corrected chi connectivity index (χ0v) is 8.40. The zero-order valence-electron chi connectivity index (χ0n) is 8.40. The molecule has 1 heteroatoms. The summed E-state index contributed by atoms with van der Waals surface area (Å²) >= 11 is 0. The van der Waals surface area contributed by atoms with E-state index >= 15 is 0 Å². The van der Waals surface area contributed by atoms with Gasteiger partial charge in [0, 0.05) is 12.8 Å². The van der Waals surface area contributed by atoms with Crippen LogP contribution in [0.5, 0.6) is 0 Å². The monoisotopic (exact) mass is 175 g/mol. The standard InChI is InChI=1S/C12H17N/c1-11(2)8-9-13-10-12-6-4-3-5-7-12/h3-7,10-11H,8-9H2,1-2H3/b13-10+. The SMILES string of the molecule is CC(C)CC/N=C/c1ccccc1. The van der Waals surface area contributed by atoms with E-state index in [-0.39, 0.29) is 0 Å². The van der Waals surface area contributed by atoms with Crippen molar-refractivity contribution in [3.05, 3.63) is 35.9 Å². The average molecular weight is 175 g/mol. The van der Waals surface area contributed by atoms with Gasteiger partial charge < -0.3 is 0 Å².